The molecule has 0 fully saturated rings. The summed E-state index contributed by atoms with van der Waals surface area (Å²) in [4.78, 5) is 4.01. The number of rotatable bonds is 4. The first kappa shape index (κ1) is 13.8. The average Bonchev–Trinajstić information content (AvgIpc) is 2.42. The number of benzene rings is 1. The number of nitrogens with zero attached hydrogens (tertiary/aromatic N) is 1. The highest BCUT2D eigenvalue weighted by Gasteiger charge is 2.14. The Morgan fingerprint density at radius 1 is 1.42 bits per heavy atom. The van der Waals surface area contributed by atoms with Gasteiger partial charge >= 0.3 is 0 Å². The second-order valence-corrected chi connectivity index (χ2v) is 5.01. The van der Waals surface area contributed by atoms with Crippen molar-refractivity contribution in [1.29, 1.82) is 0 Å². The Kier molecular flexibility index (Phi) is 4.39. The van der Waals surface area contributed by atoms with Crippen molar-refractivity contribution in [3.63, 3.8) is 0 Å². The molecule has 1 heterocycles. The third-order valence-electron chi connectivity index (χ3n) is 2.90. The first-order valence-electron chi connectivity index (χ1n) is 5.82. The number of ether oxygens (including phenoxy) is 1. The number of hydrogen-bond donors (Lipinski definition) is 2. The van der Waals surface area contributed by atoms with Crippen LogP contribution in [0.4, 0.5) is 5.82 Å². The van der Waals surface area contributed by atoms with Crippen molar-refractivity contribution in [1.82, 2.24) is 4.98 Å². The van der Waals surface area contributed by atoms with Crippen molar-refractivity contribution in [3.05, 3.63) is 52.1 Å². The van der Waals surface area contributed by atoms with E-state index in [9.17, 15) is 5.11 Å². The van der Waals surface area contributed by atoms with Gasteiger partial charge in [0, 0.05) is 17.1 Å². The molecule has 4 nitrogen and oxygen atoms in total. The highest BCUT2D eigenvalue weighted by atomic mass is 79.9. The smallest absolute Gasteiger partial charge is 0.126 e. The number of aliphatic hydroxyl groups excluding tert-OH is 1. The molecular weight excluding hydrogens is 308 g/mol. The molecule has 100 valence electrons. The lowest BCUT2D eigenvalue weighted by Crippen LogP contribution is -2.06. The Balaban J connectivity index is 2.25. The van der Waals surface area contributed by atoms with Gasteiger partial charge in [0.2, 0.25) is 0 Å². The Hall–Kier alpha value is -1.59. The van der Waals surface area contributed by atoms with E-state index in [1.807, 2.05) is 18.2 Å². The van der Waals surface area contributed by atoms with Crippen LogP contribution in [-0.2, 0) is 6.42 Å². The van der Waals surface area contributed by atoms with E-state index < -0.39 is 6.10 Å². The first-order valence-corrected chi connectivity index (χ1v) is 6.62. The van der Waals surface area contributed by atoms with E-state index >= 15 is 0 Å². The van der Waals surface area contributed by atoms with Gasteiger partial charge in [0.1, 0.15) is 11.6 Å². The van der Waals surface area contributed by atoms with E-state index in [4.69, 9.17) is 10.5 Å². The Labute approximate surface area is 120 Å². The van der Waals surface area contributed by atoms with Gasteiger partial charge in [0.15, 0.2) is 0 Å². The van der Waals surface area contributed by atoms with Gasteiger partial charge in [-0.1, -0.05) is 22.0 Å². The number of aromatic nitrogens is 1. The van der Waals surface area contributed by atoms with E-state index in [0.717, 1.165) is 15.6 Å². The number of methoxy groups -OCH3 is 1. The molecular formula is C14H15BrN2O2. The van der Waals surface area contributed by atoms with Gasteiger partial charge in [-0.3, -0.25) is 0 Å². The second-order valence-electron chi connectivity index (χ2n) is 4.16. The van der Waals surface area contributed by atoms with Crippen molar-refractivity contribution in [2.75, 3.05) is 12.8 Å². The number of halogens is 1. The molecule has 0 saturated heterocycles. The molecule has 2 rings (SSSR count). The molecule has 0 saturated carbocycles. The zero-order valence-electron chi connectivity index (χ0n) is 10.5. The highest BCUT2D eigenvalue weighted by Crippen LogP contribution is 2.30. The zero-order chi connectivity index (χ0) is 13.8. The van der Waals surface area contributed by atoms with Crippen LogP contribution >= 0.6 is 15.9 Å². The van der Waals surface area contributed by atoms with Crippen molar-refractivity contribution in [2.24, 2.45) is 0 Å². The van der Waals surface area contributed by atoms with Gasteiger partial charge in [-0.15, -0.1) is 0 Å². The molecule has 0 radical (unpaired) electrons. The third kappa shape index (κ3) is 3.24. The van der Waals surface area contributed by atoms with Crippen molar-refractivity contribution >= 4 is 21.7 Å². The summed E-state index contributed by atoms with van der Waals surface area (Å²) >= 11 is 3.43. The van der Waals surface area contributed by atoms with Crippen molar-refractivity contribution in [2.45, 2.75) is 12.5 Å². The van der Waals surface area contributed by atoms with Gasteiger partial charge in [0.05, 0.1) is 13.2 Å². The lowest BCUT2D eigenvalue weighted by atomic mass is 10.0. The highest BCUT2D eigenvalue weighted by molar-refractivity contribution is 9.10. The van der Waals surface area contributed by atoms with E-state index in [0.29, 0.717) is 18.0 Å². The normalized spacial score (nSPS) is 12.2. The summed E-state index contributed by atoms with van der Waals surface area (Å²) in [6.45, 7) is 0. The maximum absolute atomic E-state index is 10.3. The van der Waals surface area contributed by atoms with Gasteiger partial charge in [0.25, 0.3) is 0 Å². The Morgan fingerprint density at radius 3 is 2.89 bits per heavy atom. The fraction of sp³-hybridized carbons (Fsp3) is 0.214. The quantitative estimate of drug-likeness (QED) is 0.908. The maximum Gasteiger partial charge on any atom is 0.126 e. The second kappa shape index (κ2) is 6.04. The average molecular weight is 323 g/mol. The number of nitrogen functional groups attached to an aromatic ring is 1. The molecule has 0 aliphatic carbocycles. The number of anilines is 1. The summed E-state index contributed by atoms with van der Waals surface area (Å²) in [7, 11) is 1.60. The van der Waals surface area contributed by atoms with Crippen LogP contribution in [-0.4, -0.2) is 17.2 Å². The molecule has 1 atom stereocenters. The zero-order valence-corrected chi connectivity index (χ0v) is 12.1. The van der Waals surface area contributed by atoms with E-state index in [1.165, 1.54) is 0 Å². The van der Waals surface area contributed by atoms with Crippen LogP contribution in [0.1, 0.15) is 17.2 Å². The molecule has 5 heteroatoms. The van der Waals surface area contributed by atoms with E-state index in [2.05, 4.69) is 20.9 Å². The maximum atomic E-state index is 10.3. The van der Waals surface area contributed by atoms with E-state index in [-0.39, 0.29) is 0 Å². The predicted molar refractivity (Wildman–Crippen MR) is 78.0 cm³/mol. The molecule has 0 spiro atoms. The standard InChI is InChI=1S/C14H15BrN2O2/c1-19-10-4-5-12(15)11(8-10)13(18)7-9-3-2-6-17-14(9)16/h2-6,8,13,18H,7H2,1H3,(H2,16,17). The Morgan fingerprint density at radius 2 is 2.21 bits per heavy atom. The lowest BCUT2D eigenvalue weighted by Gasteiger charge is -2.15. The molecule has 0 aliphatic heterocycles. The van der Waals surface area contributed by atoms with Gasteiger partial charge < -0.3 is 15.6 Å². The monoisotopic (exact) mass is 322 g/mol. The van der Waals surface area contributed by atoms with Crippen LogP contribution in [0.25, 0.3) is 0 Å². The summed E-state index contributed by atoms with van der Waals surface area (Å²) in [5.74, 6) is 1.15. The fourth-order valence-corrected chi connectivity index (χ4v) is 2.36. The minimum absolute atomic E-state index is 0.408. The number of pyridine rings is 1. The van der Waals surface area contributed by atoms with E-state index in [1.54, 1.807) is 25.4 Å². The molecule has 1 aromatic carbocycles. The third-order valence-corrected chi connectivity index (χ3v) is 3.62. The molecule has 1 aromatic heterocycles. The Bertz CT molecular complexity index is 575. The van der Waals surface area contributed by atoms with Crippen LogP contribution in [0.3, 0.4) is 0 Å². The number of aliphatic hydroxyl groups is 1. The summed E-state index contributed by atoms with van der Waals surface area (Å²) < 4.78 is 6.00. The SMILES string of the molecule is COc1ccc(Br)c(C(O)Cc2cccnc2N)c1. The molecule has 3 N–H and O–H groups in total. The topological polar surface area (TPSA) is 68.4 Å². The molecule has 1 unspecified atom stereocenters. The largest absolute Gasteiger partial charge is 0.497 e. The van der Waals surface area contributed by atoms with Gasteiger partial charge in [-0.25, -0.2) is 4.98 Å². The lowest BCUT2D eigenvalue weighted by molar-refractivity contribution is 0.177. The molecule has 0 amide bonds. The van der Waals surface area contributed by atoms with Gasteiger partial charge in [-0.2, -0.15) is 0 Å². The van der Waals surface area contributed by atoms with Crippen LogP contribution < -0.4 is 10.5 Å². The van der Waals surface area contributed by atoms with Crippen LogP contribution in [0.15, 0.2) is 41.0 Å². The molecule has 0 aliphatic rings. The van der Waals surface area contributed by atoms with Crippen LogP contribution in [0.5, 0.6) is 5.75 Å². The minimum Gasteiger partial charge on any atom is -0.497 e. The fourth-order valence-electron chi connectivity index (χ4n) is 1.85. The van der Waals surface area contributed by atoms with Crippen molar-refractivity contribution < 1.29 is 9.84 Å². The minimum atomic E-state index is -0.670. The van der Waals surface area contributed by atoms with Crippen molar-refractivity contribution in [3.8, 4) is 5.75 Å². The summed E-state index contributed by atoms with van der Waals surface area (Å²) in [6, 6.07) is 9.16. The summed E-state index contributed by atoms with van der Waals surface area (Å²) in [5, 5.41) is 10.3. The first-order chi connectivity index (χ1) is 9.11. The predicted octanol–water partition coefficient (Wildman–Crippen LogP) is 2.71. The number of nitrogens with two attached hydrogens (primary N) is 1. The van der Waals surface area contributed by atoms with Crippen LogP contribution in [0, 0.1) is 0 Å². The summed E-state index contributed by atoms with van der Waals surface area (Å²) in [6.07, 6.45) is 1.37. The molecule has 2 aromatic rings. The summed E-state index contributed by atoms with van der Waals surface area (Å²) in [5.41, 5.74) is 7.37. The molecule has 0 bridgehead atoms. The molecule has 19 heavy (non-hydrogen) atoms. The number of hydrogen-bond acceptors (Lipinski definition) is 4. The van der Waals surface area contributed by atoms with Crippen LogP contribution in [0.2, 0.25) is 0 Å². The van der Waals surface area contributed by atoms with Gasteiger partial charge in [-0.05, 0) is 35.4 Å².